The number of ether oxygens (including phenoxy) is 2. The Labute approximate surface area is 101 Å². The van der Waals surface area contributed by atoms with Crippen LogP contribution in [0.3, 0.4) is 0 Å². The Balaban J connectivity index is 2.02. The van der Waals surface area contributed by atoms with Crippen LogP contribution in [0.5, 0.6) is 0 Å². The molecule has 0 spiro atoms. The van der Waals surface area contributed by atoms with Gasteiger partial charge in [0.2, 0.25) is 5.91 Å². The van der Waals surface area contributed by atoms with Gasteiger partial charge >= 0.3 is 0 Å². The van der Waals surface area contributed by atoms with E-state index < -0.39 is 0 Å². The smallest absolute Gasteiger partial charge is 0.229 e. The van der Waals surface area contributed by atoms with E-state index >= 15 is 0 Å². The molecular formula is C13H17NO3. The van der Waals surface area contributed by atoms with Crippen molar-refractivity contribution >= 4 is 11.6 Å². The summed E-state index contributed by atoms with van der Waals surface area (Å²) in [5, 5.41) is 0. The Morgan fingerprint density at radius 3 is 2.88 bits per heavy atom. The molecule has 0 bridgehead atoms. The number of nitrogens with zero attached hydrogens (tertiary/aromatic N) is 1. The molecular weight excluding hydrogens is 218 g/mol. The summed E-state index contributed by atoms with van der Waals surface area (Å²) in [5.74, 6) is 0.126. The van der Waals surface area contributed by atoms with Gasteiger partial charge in [0.15, 0.2) is 0 Å². The van der Waals surface area contributed by atoms with E-state index in [0.717, 1.165) is 12.1 Å². The van der Waals surface area contributed by atoms with E-state index in [2.05, 4.69) is 6.07 Å². The molecule has 0 unspecified atom stereocenters. The maximum atomic E-state index is 11.8. The van der Waals surface area contributed by atoms with Gasteiger partial charge in [0.25, 0.3) is 0 Å². The van der Waals surface area contributed by atoms with Gasteiger partial charge in [-0.2, -0.15) is 0 Å². The number of carbonyl (C=O) groups is 1. The summed E-state index contributed by atoms with van der Waals surface area (Å²) in [6, 6.07) is 7.97. The van der Waals surface area contributed by atoms with Crippen LogP contribution in [0, 0.1) is 0 Å². The van der Waals surface area contributed by atoms with E-state index in [1.54, 1.807) is 12.0 Å². The van der Waals surface area contributed by atoms with Gasteiger partial charge in [0, 0.05) is 19.2 Å². The lowest BCUT2D eigenvalue weighted by Crippen LogP contribution is -2.37. The Kier molecular flexibility index (Phi) is 4.12. The van der Waals surface area contributed by atoms with Gasteiger partial charge in [-0.15, -0.1) is 0 Å². The number of carbonyl (C=O) groups excluding carboxylic acids is 1. The van der Waals surface area contributed by atoms with Crippen LogP contribution in [0.2, 0.25) is 0 Å². The Bertz CT molecular complexity index is 392. The molecule has 1 aromatic carbocycles. The molecule has 0 aliphatic carbocycles. The predicted molar refractivity (Wildman–Crippen MR) is 64.9 cm³/mol. The SMILES string of the molecule is COCCOCN1C(=O)CCc2ccccc21. The van der Waals surface area contributed by atoms with Gasteiger partial charge in [0.1, 0.15) is 6.73 Å². The Morgan fingerprint density at radius 1 is 1.24 bits per heavy atom. The molecule has 92 valence electrons. The number of hydrogen-bond donors (Lipinski definition) is 0. The molecule has 0 fully saturated rings. The average molecular weight is 235 g/mol. The summed E-state index contributed by atoms with van der Waals surface area (Å²) in [5.41, 5.74) is 2.18. The van der Waals surface area contributed by atoms with Crippen molar-refractivity contribution in [1.29, 1.82) is 0 Å². The van der Waals surface area contributed by atoms with Gasteiger partial charge in [-0.05, 0) is 18.1 Å². The highest BCUT2D eigenvalue weighted by Gasteiger charge is 2.23. The van der Waals surface area contributed by atoms with Gasteiger partial charge in [0.05, 0.1) is 13.2 Å². The first kappa shape index (κ1) is 12.1. The van der Waals surface area contributed by atoms with Crippen LogP contribution >= 0.6 is 0 Å². The molecule has 1 amide bonds. The summed E-state index contributed by atoms with van der Waals surface area (Å²) in [6.07, 6.45) is 1.38. The van der Waals surface area contributed by atoms with E-state index in [9.17, 15) is 4.79 Å². The monoisotopic (exact) mass is 235 g/mol. The summed E-state index contributed by atoms with van der Waals surface area (Å²) in [4.78, 5) is 13.5. The molecule has 17 heavy (non-hydrogen) atoms. The third kappa shape index (κ3) is 2.84. The number of aryl methyl sites for hydroxylation is 1. The topological polar surface area (TPSA) is 38.8 Å². The highest BCUT2D eigenvalue weighted by Crippen LogP contribution is 2.27. The van der Waals surface area contributed by atoms with Gasteiger partial charge < -0.3 is 9.47 Å². The molecule has 4 heteroatoms. The van der Waals surface area contributed by atoms with Crippen molar-refractivity contribution in [2.24, 2.45) is 0 Å². The molecule has 1 aliphatic heterocycles. The van der Waals surface area contributed by atoms with Crippen molar-refractivity contribution < 1.29 is 14.3 Å². The maximum absolute atomic E-state index is 11.8. The van der Waals surface area contributed by atoms with Crippen molar-refractivity contribution in [1.82, 2.24) is 0 Å². The maximum Gasteiger partial charge on any atom is 0.229 e. The highest BCUT2D eigenvalue weighted by atomic mass is 16.5. The Hall–Kier alpha value is -1.39. The minimum absolute atomic E-state index is 0.126. The van der Waals surface area contributed by atoms with Crippen LogP contribution in [0.1, 0.15) is 12.0 Å². The van der Waals surface area contributed by atoms with E-state index in [0.29, 0.717) is 26.4 Å². The van der Waals surface area contributed by atoms with Crippen LogP contribution < -0.4 is 4.90 Å². The first-order valence-electron chi connectivity index (χ1n) is 5.78. The Morgan fingerprint density at radius 2 is 2.06 bits per heavy atom. The summed E-state index contributed by atoms with van der Waals surface area (Å²) < 4.78 is 10.3. The lowest BCUT2D eigenvalue weighted by molar-refractivity contribution is -0.120. The van der Waals surface area contributed by atoms with Crippen LogP contribution in [0.4, 0.5) is 5.69 Å². The van der Waals surface area contributed by atoms with E-state index in [4.69, 9.17) is 9.47 Å². The van der Waals surface area contributed by atoms with Gasteiger partial charge in [-0.25, -0.2) is 0 Å². The normalized spacial score (nSPS) is 14.9. The molecule has 0 saturated heterocycles. The van der Waals surface area contributed by atoms with Crippen molar-refractivity contribution in [3.05, 3.63) is 29.8 Å². The molecule has 0 radical (unpaired) electrons. The highest BCUT2D eigenvalue weighted by molar-refractivity contribution is 5.96. The quantitative estimate of drug-likeness (QED) is 0.727. The first-order chi connectivity index (χ1) is 8.33. The minimum atomic E-state index is 0.126. The number of para-hydroxylation sites is 1. The summed E-state index contributed by atoms with van der Waals surface area (Å²) in [6.45, 7) is 1.35. The summed E-state index contributed by atoms with van der Waals surface area (Å²) >= 11 is 0. The van der Waals surface area contributed by atoms with E-state index in [1.165, 1.54) is 5.56 Å². The second-order valence-electron chi connectivity index (χ2n) is 3.98. The third-order valence-electron chi connectivity index (χ3n) is 2.84. The zero-order valence-electron chi connectivity index (χ0n) is 10.0. The number of rotatable bonds is 5. The molecule has 0 aromatic heterocycles. The van der Waals surface area contributed by atoms with Crippen LogP contribution in [0.15, 0.2) is 24.3 Å². The lowest BCUT2D eigenvalue weighted by Gasteiger charge is -2.28. The second kappa shape index (κ2) is 5.80. The number of fused-ring (bicyclic) bond motifs is 1. The van der Waals surface area contributed by atoms with Crippen LogP contribution in [0.25, 0.3) is 0 Å². The standard InChI is InChI=1S/C13H17NO3/c1-16-8-9-17-10-14-12-5-3-2-4-11(12)6-7-13(14)15/h2-5H,6-10H2,1H3. The van der Waals surface area contributed by atoms with Crippen LogP contribution in [-0.4, -0.2) is 33.0 Å². The zero-order chi connectivity index (χ0) is 12.1. The number of anilines is 1. The third-order valence-corrected chi connectivity index (χ3v) is 2.84. The number of hydrogen-bond acceptors (Lipinski definition) is 3. The van der Waals surface area contributed by atoms with Crippen molar-refractivity contribution in [3.63, 3.8) is 0 Å². The fourth-order valence-electron chi connectivity index (χ4n) is 1.94. The average Bonchev–Trinajstić information content (AvgIpc) is 2.37. The number of amides is 1. The molecule has 1 aromatic rings. The molecule has 0 atom stereocenters. The fourth-order valence-corrected chi connectivity index (χ4v) is 1.94. The van der Waals surface area contributed by atoms with E-state index in [-0.39, 0.29) is 5.91 Å². The first-order valence-corrected chi connectivity index (χ1v) is 5.78. The van der Waals surface area contributed by atoms with Gasteiger partial charge in [-0.1, -0.05) is 18.2 Å². The zero-order valence-corrected chi connectivity index (χ0v) is 10.0. The van der Waals surface area contributed by atoms with Crippen molar-refractivity contribution in [2.75, 3.05) is 32.0 Å². The molecule has 1 aliphatic rings. The molecule has 0 N–H and O–H groups in total. The van der Waals surface area contributed by atoms with Crippen molar-refractivity contribution in [3.8, 4) is 0 Å². The molecule has 4 nitrogen and oxygen atoms in total. The number of methoxy groups -OCH3 is 1. The number of benzene rings is 1. The van der Waals surface area contributed by atoms with E-state index in [1.807, 2.05) is 18.2 Å². The second-order valence-corrected chi connectivity index (χ2v) is 3.98. The fraction of sp³-hybridized carbons (Fsp3) is 0.462. The van der Waals surface area contributed by atoms with Gasteiger partial charge in [-0.3, -0.25) is 9.69 Å². The molecule has 2 rings (SSSR count). The predicted octanol–water partition coefficient (Wildman–Crippen LogP) is 1.59. The minimum Gasteiger partial charge on any atom is -0.382 e. The largest absolute Gasteiger partial charge is 0.382 e. The summed E-state index contributed by atoms with van der Waals surface area (Å²) in [7, 11) is 1.63. The van der Waals surface area contributed by atoms with Crippen molar-refractivity contribution in [2.45, 2.75) is 12.8 Å². The lowest BCUT2D eigenvalue weighted by atomic mass is 10.0. The van der Waals surface area contributed by atoms with Crippen LogP contribution in [-0.2, 0) is 20.7 Å². The molecule has 1 heterocycles. The molecule has 0 saturated carbocycles.